The summed E-state index contributed by atoms with van der Waals surface area (Å²) in [5.41, 5.74) is 7.86. The van der Waals surface area contributed by atoms with Crippen LogP contribution in [-0.4, -0.2) is 31.1 Å². The summed E-state index contributed by atoms with van der Waals surface area (Å²) in [5, 5.41) is 5.81. The highest BCUT2D eigenvalue weighted by Crippen LogP contribution is 2.27. The molecule has 0 radical (unpaired) electrons. The SMILES string of the molecule is CNC(=O)C[C@@H](Nc1nc2ccc(OC/C(=C\F)CN)cc2o1)c1ccccc1. The summed E-state index contributed by atoms with van der Waals surface area (Å²) in [5.74, 6) is 0.410. The topological polar surface area (TPSA) is 102 Å². The molecular formula is C21H23FN4O3. The summed E-state index contributed by atoms with van der Waals surface area (Å²) in [4.78, 5) is 16.3. The first-order valence-corrected chi connectivity index (χ1v) is 9.16. The number of ether oxygens (including phenoxy) is 1. The van der Waals surface area contributed by atoms with Crippen molar-refractivity contribution in [1.29, 1.82) is 0 Å². The van der Waals surface area contributed by atoms with Crippen molar-refractivity contribution in [1.82, 2.24) is 10.3 Å². The predicted molar refractivity (Wildman–Crippen MR) is 109 cm³/mol. The number of nitrogens with one attached hydrogen (secondary N) is 2. The van der Waals surface area contributed by atoms with Crippen LogP contribution in [0.25, 0.3) is 11.1 Å². The summed E-state index contributed by atoms with van der Waals surface area (Å²) >= 11 is 0. The third-order valence-corrected chi connectivity index (χ3v) is 4.37. The minimum Gasteiger partial charge on any atom is -0.489 e. The molecule has 0 bridgehead atoms. The third-order valence-electron chi connectivity index (χ3n) is 4.37. The van der Waals surface area contributed by atoms with Crippen molar-refractivity contribution in [3.05, 3.63) is 66.0 Å². The molecule has 29 heavy (non-hydrogen) atoms. The van der Waals surface area contributed by atoms with Gasteiger partial charge in [-0.25, -0.2) is 4.39 Å². The van der Waals surface area contributed by atoms with Gasteiger partial charge in [0.05, 0.1) is 18.8 Å². The molecule has 0 saturated heterocycles. The summed E-state index contributed by atoms with van der Waals surface area (Å²) < 4.78 is 23.9. The van der Waals surface area contributed by atoms with Gasteiger partial charge >= 0.3 is 0 Å². The second-order valence-electron chi connectivity index (χ2n) is 6.39. The lowest BCUT2D eigenvalue weighted by atomic mass is 10.0. The van der Waals surface area contributed by atoms with Crippen LogP contribution in [0, 0.1) is 0 Å². The molecule has 0 aliphatic heterocycles. The summed E-state index contributed by atoms with van der Waals surface area (Å²) in [6, 6.07) is 14.7. The van der Waals surface area contributed by atoms with Crippen LogP contribution < -0.4 is 21.1 Å². The van der Waals surface area contributed by atoms with Gasteiger partial charge in [-0.15, -0.1) is 0 Å². The fourth-order valence-corrected chi connectivity index (χ4v) is 2.74. The Kier molecular flexibility index (Phi) is 6.80. The van der Waals surface area contributed by atoms with Gasteiger partial charge in [0.2, 0.25) is 5.91 Å². The van der Waals surface area contributed by atoms with Crippen molar-refractivity contribution in [2.24, 2.45) is 5.73 Å². The second kappa shape index (κ2) is 9.70. The number of halogens is 1. The predicted octanol–water partition coefficient (Wildman–Crippen LogP) is 3.31. The number of carbonyl (C=O) groups is 1. The molecule has 0 unspecified atom stereocenters. The van der Waals surface area contributed by atoms with Crippen molar-refractivity contribution >= 4 is 23.0 Å². The molecule has 0 aliphatic carbocycles. The zero-order valence-electron chi connectivity index (χ0n) is 16.0. The molecule has 1 amide bonds. The number of hydrogen-bond donors (Lipinski definition) is 3. The Morgan fingerprint density at radius 3 is 2.79 bits per heavy atom. The maximum absolute atomic E-state index is 12.6. The molecule has 0 aliphatic rings. The van der Waals surface area contributed by atoms with Crippen LogP contribution in [-0.2, 0) is 4.79 Å². The van der Waals surface area contributed by atoms with E-state index in [0.29, 0.717) is 34.8 Å². The summed E-state index contributed by atoms with van der Waals surface area (Å²) in [7, 11) is 1.60. The number of aromatic nitrogens is 1. The second-order valence-corrected chi connectivity index (χ2v) is 6.39. The Hall–Kier alpha value is -3.39. The Bertz CT molecular complexity index is 988. The Balaban J connectivity index is 1.78. The molecule has 1 aromatic heterocycles. The van der Waals surface area contributed by atoms with Gasteiger partial charge in [-0.2, -0.15) is 4.98 Å². The van der Waals surface area contributed by atoms with Gasteiger partial charge < -0.3 is 25.5 Å². The normalized spacial score (nSPS) is 12.6. The first kappa shape index (κ1) is 20.3. The van der Waals surface area contributed by atoms with E-state index in [1.54, 1.807) is 25.2 Å². The molecule has 3 aromatic rings. The average molecular weight is 398 g/mol. The lowest BCUT2D eigenvalue weighted by Gasteiger charge is -2.17. The van der Waals surface area contributed by atoms with E-state index in [0.717, 1.165) is 5.56 Å². The van der Waals surface area contributed by atoms with Crippen molar-refractivity contribution in [2.45, 2.75) is 12.5 Å². The Morgan fingerprint density at radius 1 is 1.31 bits per heavy atom. The molecule has 2 aromatic carbocycles. The molecule has 4 N–H and O–H groups in total. The third kappa shape index (κ3) is 5.32. The van der Waals surface area contributed by atoms with Crippen LogP contribution in [0.4, 0.5) is 10.4 Å². The number of nitrogens with two attached hydrogens (primary N) is 1. The van der Waals surface area contributed by atoms with Gasteiger partial charge in [0, 0.05) is 25.2 Å². The fraction of sp³-hybridized carbons (Fsp3) is 0.238. The molecule has 8 heteroatoms. The lowest BCUT2D eigenvalue weighted by molar-refractivity contribution is -0.120. The van der Waals surface area contributed by atoms with E-state index < -0.39 is 0 Å². The number of fused-ring (bicyclic) bond motifs is 1. The van der Waals surface area contributed by atoms with Gasteiger partial charge in [0.25, 0.3) is 6.01 Å². The Morgan fingerprint density at radius 2 is 2.10 bits per heavy atom. The van der Waals surface area contributed by atoms with Crippen LogP contribution in [0.3, 0.4) is 0 Å². The molecule has 3 rings (SSSR count). The minimum absolute atomic E-state index is 0.0555. The molecule has 1 atom stereocenters. The van der Waals surface area contributed by atoms with Crippen LogP contribution in [0.15, 0.2) is 64.9 Å². The van der Waals surface area contributed by atoms with Gasteiger partial charge in [0.1, 0.15) is 17.9 Å². The number of nitrogens with zero attached hydrogens (tertiary/aromatic N) is 1. The van der Waals surface area contributed by atoms with Crippen molar-refractivity contribution < 1.29 is 18.3 Å². The van der Waals surface area contributed by atoms with Crippen molar-refractivity contribution in [3.8, 4) is 5.75 Å². The van der Waals surface area contributed by atoms with Gasteiger partial charge in [0.15, 0.2) is 5.58 Å². The zero-order valence-corrected chi connectivity index (χ0v) is 16.0. The van der Waals surface area contributed by atoms with Crippen LogP contribution in [0.5, 0.6) is 5.75 Å². The fourth-order valence-electron chi connectivity index (χ4n) is 2.74. The number of anilines is 1. The molecule has 7 nitrogen and oxygen atoms in total. The Labute approximate surface area is 167 Å². The van der Waals surface area contributed by atoms with E-state index in [2.05, 4.69) is 15.6 Å². The highest BCUT2D eigenvalue weighted by Gasteiger charge is 2.18. The van der Waals surface area contributed by atoms with E-state index in [-0.39, 0.29) is 31.5 Å². The monoisotopic (exact) mass is 398 g/mol. The highest BCUT2D eigenvalue weighted by atomic mass is 19.1. The average Bonchev–Trinajstić information content (AvgIpc) is 3.16. The molecular weight excluding hydrogens is 375 g/mol. The molecule has 1 heterocycles. The number of oxazole rings is 1. The number of hydrogen-bond acceptors (Lipinski definition) is 6. The van der Waals surface area contributed by atoms with Gasteiger partial charge in [-0.05, 0) is 17.7 Å². The van der Waals surface area contributed by atoms with E-state index in [1.165, 1.54) is 0 Å². The number of carbonyl (C=O) groups excluding carboxylic acids is 1. The number of amides is 1. The lowest BCUT2D eigenvalue weighted by Crippen LogP contribution is -2.24. The molecule has 152 valence electrons. The zero-order chi connectivity index (χ0) is 20.6. The molecule has 0 fully saturated rings. The maximum Gasteiger partial charge on any atom is 0.296 e. The van der Waals surface area contributed by atoms with Crippen LogP contribution in [0.2, 0.25) is 0 Å². The van der Waals surface area contributed by atoms with E-state index >= 15 is 0 Å². The number of benzene rings is 2. The van der Waals surface area contributed by atoms with Crippen LogP contribution >= 0.6 is 0 Å². The van der Waals surface area contributed by atoms with Crippen LogP contribution in [0.1, 0.15) is 18.0 Å². The quantitative estimate of drug-likeness (QED) is 0.511. The standard InChI is InChI=1S/C21H23FN4O3/c1-24-20(27)10-18(15-5-3-2-4-6-15)26-21-25-17-8-7-16(9-19(17)29-21)28-13-14(11-22)12-23/h2-9,11,18H,10,12-13,23H2,1H3,(H,24,27)(H,25,26)/b14-11-/t18-/m1/s1. The number of rotatable bonds is 9. The first-order chi connectivity index (χ1) is 14.1. The minimum atomic E-state index is -0.304. The highest BCUT2D eigenvalue weighted by molar-refractivity contribution is 5.78. The van der Waals surface area contributed by atoms with Crippen molar-refractivity contribution in [2.75, 3.05) is 25.5 Å². The summed E-state index contributed by atoms with van der Waals surface area (Å²) in [6.07, 6.45) is 0.677. The van der Waals surface area contributed by atoms with Gasteiger partial charge in [-0.1, -0.05) is 30.3 Å². The first-order valence-electron chi connectivity index (χ1n) is 9.16. The molecule has 0 spiro atoms. The van der Waals surface area contributed by atoms with E-state index in [1.807, 2.05) is 30.3 Å². The maximum atomic E-state index is 12.6. The smallest absolute Gasteiger partial charge is 0.296 e. The van der Waals surface area contributed by atoms with Crippen molar-refractivity contribution in [3.63, 3.8) is 0 Å². The van der Waals surface area contributed by atoms with Gasteiger partial charge in [-0.3, -0.25) is 4.79 Å². The largest absolute Gasteiger partial charge is 0.489 e. The molecule has 0 saturated carbocycles. The summed E-state index contributed by atoms with van der Waals surface area (Å²) in [6.45, 7) is 0.140. The van der Waals surface area contributed by atoms with E-state index in [9.17, 15) is 9.18 Å². The van der Waals surface area contributed by atoms with E-state index in [4.69, 9.17) is 14.9 Å².